The van der Waals surface area contributed by atoms with Crippen molar-refractivity contribution in [2.24, 2.45) is 0 Å². The first-order chi connectivity index (χ1) is 41.2. The summed E-state index contributed by atoms with van der Waals surface area (Å²) < 4.78 is 0. The van der Waals surface area contributed by atoms with Gasteiger partial charge < -0.3 is 9.80 Å². The summed E-state index contributed by atoms with van der Waals surface area (Å²) >= 11 is 0. The van der Waals surface area contributed by atoms with E-state index in [0.717, 1.165) is 34.1 Å². The van der Waals surface area contributed by atoms with Crippen LogP contribution in [0.5, 0.6) is 0 Å². The fourth-order valence-corrected chi connectivity index (χ4v) is 14.4. The average Bonchev–Trinajstić information content (AvgIpc) is 1.95. The van der Waals surface area contributed by atoms with Gasteiger partial charge in [0, 0.05) is 32.9 Å². The molecule has 0 fully saturated rings. The Morgan fingerprint density at radius 3 is 0.783 bits per heavy atom. The molecule has 0 aromatic heterocycles. The Morgan fingerprint density at radius 1 is 0.193 bits per heavy atom. The predicted octanol–water partition coefficient (Wildman–Crippen LogP) is 22.2. The lowest BCUT2D eigenvalue weighted by atomic mass is 9.67. The highest BCUT2D eigenvalue weighted by Crippen LogP contribution is 2.59. The maximum Gasteiger partial charge on any atom is 0.0715 e. The van der Waals surface area contributed by atoms with Gasteiger partial charge in [0.25, 0.3) is 0 Å². The number of hydrogen-bond donors (Lipinski definition) is 0. The first kappa shape index (κ1) is 47.1. The van der Waals surface area contributed by atoms with Crippen LogP contribution < -0.4 is 9.80 Å². The Morgan fingerprint density at radius 2 is 0.470 bits per heavy atom. The zero-order valence-electron chi connectivity index (χ0n) is 45.4. The number of benzene rings is 16. The van der Waals surface area contributed by atoms with Gasteiger partial charge in [-0.15, -0.1) is 0 Å². The van der Waals surface area contributed by atoms with Crippen LogP contribution in [0.15, 0.2) is 315 Å². The van der Waals surface area contributed by atoms with Crippen LogP contribution in [0.25, 0.3) is 97.3 Å². The standard InChI is InChI=1S/C81H52N2/c1-3-23-57(24-4-1)81(58-25-5-2-6-26-58)75-51-59(82(77-35-15-31-65-61-27-11-7-19-53(61)39-45-71(65)77)78-36-16-32-66-62-28-12-8-20-54(62)40-46-72(66)78)43-49-69(75)70-50-44-60(52-76(70)81)83(79-37-17-33-67-63-29-13-9-21-55(63)41-47-73(67)79)80-38-18-34-68-64-30-14-10-22-56(64)42-48-74(68)80/h1-52H. The zero-order chi connectivity index (χ0) is 54.6. The van der Waals surface area contributed by atoms with Crippen LogP contribution in [0.3, 0.4) is 0 Å². The van der Waals surface area contributed by atoms with Gasteiger partial charge in [-0.3, -0.25) is 0 Å². The lowest BCUT2D eigenvalue weighted by Crippen LogP contribution is -2.29. The minimum Gasteiger partial charge on any atom is -0.309 e. The lowest BCUT2D eigenvalue weighted by Gasteiger charge is -2.36. The van der Waals surface area contributed by atoms with Crippen molar-refractivity contribution >= 4 is 120 Å². The molecule has 0 atom stereocenters. The summed E-state index contributed by atoms with van der Waals surface area (Å²) in [7, 11) is 0. The molecule has 17 rings (SSSR count). The molecule has 386 valence electrons. The predicted molar refractivity (Wildman–Crippen MR) is 353 cm³/mol. The third kappa shape index (κ3) is 7.10. The van der Waals surface area contributed by atoms with E-state index in [9.17, 15) is 0 Å². The van der Waals surface area contributed by atoms with Gasteiger partial charge in [-0.25, -0.2) is 0 Å². The molecule has 0 radical (unpaired) electrons. The molecule has 83 heavy (non-hydrogen) atoms. The fraction of sp³-hybridized carbons (Fsp3) is 0.0123. The molecule has 16 aromatic carbocycles. The Bertz CT molecular complexity index is 4720. The summed E-state index contributed by atoms with van der Waals surface area (Å²) in [4.78, 5) is 5.08. The van der Waals surface area contributed by atoms with Gasteiger partial charge in [0.15, 0.2) is 0 Å². The minimum atomic E-state index is -0.746. The molecule has 0 spiro atoms. The van der Waals surface area contributed by atoms with E-state index in [4.69, 9.17) is 0 Å². The van der Waals surface area contributed by atoms with Crippen LogP contribution in [0.1, 0.15) is 22.3 Å². The summed E-state index contributed by atoms with van der Waals surface area (Å²) in [6, 6.07) is 118. The highest BCUT2D eigenvalue weighted by molar-refractivity contribution is 6.19. The van der Waals surface area contributed by atoms with Gasteiger partial charge in [0.1, 0.15) is 0 Å². The molecule has 0 aliphatic heterocycles. The number of hydrogen-bond acceptors (Lipinski definition) is 2. The monoisotopic (exact) mass is 1050 g/mol. The summed E-state index contributed by atoms with van der Waals surface area (Å²) in [5, 5.41) is 19.6. The topological polar surface area (TPSA) is 6.48 Å². The Kier molecular flexibility index (Phi) is 10.6. The molecule has 2 nitrogen and oxygen atoms in total. The van der Waals surface area contributed by atoms with Crippen molar-refractivity contribution in [2.45, 2.75) is 5.41 Å². The Balaban J connectivity index is 0.951. The van der Waals surface area contributed by atoms with Gasteiger partial charge in [-0.05, 0) is 147 Å². The normalized spacial score (nSPS) is 12.7. The van der Waals surface area contributed by atoms with E-state index in [1.54, 1.807) is 0 Å². The number of anilines is 6. The highest BCUT2D eigenvalue weighted by Gasteiger charge is 2.47. The van der Waals surface area contributed by atoms with Crippen LogP contribution in [-0.4, -0.2) is 0 Å². The lowest BCUT2D eigenvalue weighted by molar-refractivity contribution is 0.768. The van der Waals surface area contributed by atoms with Crippen molar-refractivity contribution in [1.29, 1.82) is 0 Å². The number of rotatable bonds is 8. The van der Waals surface area contributed by atoms with Crippen LogP contribution in [-0.2, 0) is 5.41 Å². The maximum atomic E-state index is 2.54. The molecular weight excluding hydrogens is 1000 g/mol. The quantitative estimate of drug-likeness (QED) is 0.140. The summed E-state index contributed by atoms with van der Waals surface area (Å²) in [6.07, 6.45) is 0. The van der Waals surface area contributed by atoms with Crippen LogP contribution in [0, 0.1) is 0 Å². The maximum absolute atomic E-state index is 2.54. The second kappa shape index (κ2) is 18.6. The summed E-state index contributed by atoms with van der Waals surface area (Å²) in [5.41, 5.74) is 13.2. The second-order valence-electron chi connectivity index (χ2n) is 22.2. The largest absolute Gasteiger partial charge is 0.309 e. The van der Waals surface area contributed by atoms with E-state index in [1.165, 1.54) is 120 Å². The second-order valence-corrected chi connectivity index (χ2v) is 22.2. The zero-order valence-corrected chi connectivity index (χ0v) is 45.4. The fourth-order valence-electron chi connectivity index (χ4n) is 14.4. The van der Waals surface area contributed by atoms with Gasteiger partial charge in [0.2, 0.25) is 0 Å². The highest BCUT2D eigenvalue weighted by atomic mass is 15.2. The molecule has 0 bridgehead atoms. The first-order valence-corrected chi connectivity index (χ1v) is 28.8. The molecule has 0 N–H and O–H groups in total. The summed E-state index contributed by atoms with van der Waals surface area (Å²) in [5.74, 6) is 0. The smallest absolute Gasteiger partial charge is 0.0715 e. The van der Waals surface area contributed by atoms with Crippen molar-refractivity contribution in [3.63, 3.8) is 0 Å². The molecule has 0 saturated heterocycles. The number of nitrogens with zero attached hydrogens (tertiary/aromatic N) is 2. The van der Waals surface area contributed by atoms with Crippen LogP contribution >= 0.6 is 0 Å². The first-order valence-electron chi connectivity index (χ1n) is 28.8. The molecule has 16 aromatic rings. The third-order valence-electron chi connectivity index (χ3n) is 18.1. The van der Waals surface area contributed by atoms with E-state index in [2.05, 4.69) is 325 Å². The molecule has 2 heteroatoms. The minimum absolute atomic E-state index is 0.746. The van der Waals surface area contributed by atoms with E-state index in [1.807, 2.05) is 0 Å². The SMILES string of the molecule is c1ccc(C2(c3ccccc3)c3cc(N(c4cccc5c4ccc4ccccc45)c4cccc5c4ccc4ccccc45)ccc3-c3ccc(N(c4cccc5c4ccc4ccccc45)c4cccc5c4ccc4ccccc45)cc32)cc1. The Labute approximate surface area is 481 Å². The van der Waals surface area contributed by atoms with Crippen molar-refractivity contribution in [3.05, 3.63) is 338 Å². The molecular formula is C81H52N2. The van der Waals surface area contributed by atoms with Crippen molar-refractivity contribution in [2.75, 3.05) is 9.80 Å². The molecule has 0 unspecified atom stereocenters. The van der Waals surface area contributed by atoms with Gasteiger partial charge >= 0.3 is 0 Å². The molecule has 0 saturated carbocycles. The molecule has 0 amide bonds. The van der Waals surface area contributed by atoms with E-state index >= 15 is 0 Å². The van der Waals surface area contributed by atoms with Gasteiger partial charge in [-0.1, -0.05) is 267 Å². The van der Waals surface area contributed by atoms with E-state index < -0.39 is 5.41 Å². The van der Waals surface area contributed by atoms with Crippen molar-refractivity contribution in [3.8, 4) is 11.1 Å². The summed E-state index contributed by atoms with van der Waals surface area (Å²) in [6.45, 7) is 0. The molecule has 0 heterocycles. The van der Waals surface area contributed by atoms with Crippen LogP contribution in [0.4, 0.5) is 34.1 Å². The number of fused-ring (bicyclic) bond motifs is 15. The Hall–Kier alpha value is -10.8. The average molecular weight is 1050 g/mol. The van der Waals surface area contributed by atoms with E-state index in [-0.39, 0.29) is 0 Å². The van der Waals surface area contributed by atoms with Gasteiger partial charge in [0.05, 0.1) is 28.2 Å². The van der Waals surface area contributed by atoms with Crippen molar-refractivity contribution < 1.29 is 0 Å². The molecule has 1 aliphatic carbocycles. The third-order valence-corrected chi connectivity index (χ3v) is 18.1. The van der Waals surface area contributed by atoms with Gasteiger partial charge in [-0.2, -0.15) is 0 Å². The van der Waals surface area contributed by atoms with Crippen molar-refractivity contribution in [1.82, 2.24) is 0 Å². The molecule has 1 aliphatic rings. The van der Waals surface area contributed by atoms with Crippen LogP contribution in [0.2, 0.25) is 0 Å². The van der Waals surface area contributed by atoms with E-state index in [0.29, 0.717) is 0 Å².